The number of hydrogen-bond donors (Lipinski definition) is 2. The number of aryl methyl sites for hydroxylation is 3. The second kappa shape index (κ2) is 9.77. The average Bonchev–Trinajstić information content (AvgIpc) is 3.30. The summed E-state index contributed by atoms with van der Waals surface area (Å²) in [6, 6.07) is 9.03. The fourth-order valence-corrected chi connectivity index (χ4v) is 4.90. The van der Waals surface area contributed by atoms with Crippen molar-refractivity contribution in [3.63, 3.8) is 0 Å². The van der Waals surface area contributed by atoms with Crippen LogP contribution in [0.3, 0.4) is 0 Å². The maximum Gasteiger partial charge on any atom is 0.305 e. The number of carbonyl (C=O) groups is 2. The van der Waals surface area contributed by atoms with Crippen LogP contribution in [0.4, 0.5) is 5.82 Å². The van der Waals surface area contributed by atoms with Crippen LogP contribution in [0.5, 0.6) is 5.88 Å². The zero-order valence-electron chi connectivity index (χ0n) is 19.7. The minimum atomic E-state index is -0.965. The summed E-state index contributed by atoms with van der Waals surface area (Å²) in [5, 5.41) is 12.9. The van der Waals surface area contributed by atoms with Crippen molar-refractivity contribution in [3.8, 4) is 5.88 Å². The predicted octanol–water partition coefficient (Wildman–Crippen LogP) is 3.10. The SMILES string of the molecule is COc1ccc(C(CC(=O)O)N2CCn3cc(CCc4ccc5c(n4)NCCC5)cc3C2=O)cn1. The number of anilines is 1. The lowest BCUT2D eigenvalue weighted by Gasteiger charge is -2.34. The molecule has 182 valence electrons. The third-order valence-corrected chi connectivity index (χ3v) is 6.73. The van der Waals surface area contributed by atoms with Gasteiger partial charge < -0.3 is 24.6 Å². The molecule has 9 nitrogen and oxygen atoms in total. The molecule has 1 atom stereocenters. The quantitative estimate of drug-likeness (QED) is 0.515. The van der Waals surface area contributed by atoms with Crippen LogP contribution in [0.25, 0.3) is 0 Å². The molecule has 0 aromatic carbocycles. The lowest BCUT2D eigenvalue weighted by molar-refractivity contribution is -0.138. The van der Waals surface area contributed by atoms with Crippen LogP contribution in [0.15, 0.2) is 42.7 Å². The fraction of sp³-hybridized carbons (Fsp3) is 0.385. The standard InChI is InChI=1S/C26H29N5O4/c1-35-23-9-6-19(15-28-23)21(14-24(32)33)31-12-11-30-16-17(13-22(30)26(31)34)4-7-20-8-5-18-3-2-10-27-25(18)29-20/h5-6,8-9,13,15-16,21H,2-4,7,10-12,14H2,1H3,(H,27,29)(H,32,33). The van der Waals surface area contributed by atoms with Gasteiger partial charge in [-0.1, -0.05) is 12.1 Å². The van der Waals surface area contributed by atoms with Crippen LogP contribution in [0.2, 0.25) is 0 Å². The minimum absolute atomic E-state index is 0.166. The third kappa shape index (κ3) is 4.84. The zero-order chi connectivity index (χ0) is 24.4. The molecule has 5 rings (SSSR count). The Balaban J connectivity index is 1.32. The van der Waals surface area contributed by atoms with Crippen molar-refractivity contribution in [1.82, 2.24) is 19.4 Å². The molecule has 5 heterocycles. The number of fused-ring (bicyclic) bond motifs is 2. The number of amides is 1. The molecule has 1 unspecified atom stereocenters. The summed E-state index contributed by atoms with van der Waals surface area (Å²) >= 11 is 0. The van der Waals surface area contributed by atoms with Crippen LogP contribution in [0.1, 0.15) is 51.8 Å². The Bertz CT molecular complexity index is 1240. The first-order chi connectivity index (χ1) is 17.0. The van der Waals surface area contributed by atoms with E-state index < -0.39 is 12.0 Å². The van der Waals surface area contributed by atoms with Gasteiger partial charge in [0, 0.05) is 43.8 Å². The maximum absolute atomic E-state index is 13.4. The van der Waals surface area contributed by atoms with Gasteiger partial charge in [0.15, 0.2) is 0 Å². The molecule has 0 aliphatic carbocycles. The number of pyridine rings is 2. The number of hydrogen-bond acceptors (Lipinski definition) is 6. The Morgan fingerprint density at radius 1 is 1.23 bits per heavy atom. The fourth-order valence-electron chi connectivity index (χ4n) is 4.90. The molecule has 0 saturated heterocycles. The van der Waals surface area contributed by atoms with Crippen molar-refractivity contribution < 1.29 is 19.4 Å². The van der Waals surface area contributed by atoms with Gasteiger partial charge in [-0.2, -0.15) is 0 Å². The van der Waals surface area contributed by atoms with E-state index in [1.54, 1.807) is 23.2 Å². The first-order valence-electron chi connectivity index (χ1n) is 12.0. The second-order valence-corrected chi connectivity index (χ2v) is 9.01. The number of nitrogens with zero attached hydrogens (tertiary/aromatic N) is 4. The van der Waals surface area contributed by atoms with Crippen LogP contribution in [0, 0.1) is 0 Å². The third-order valence-electron chi connectivity index (χ3n) is 6.73. The van der Waals surface area contributed by atoms with Crippen LogP contribution in [-0.2, 0) is 30.6 Å². The van der Waals surface area contributed by atoms with Crippen LogP contribution >= 0.6 is 0 Å². The normalized spacial score (nSPS) is 15.7. The smallest absolute Gasteiger partial charge is 0.305 e. The number of aliphatic carboxylic acids is 1. The molecular formula is C26H29N5O4. The molecule has 2 aliphatic heterocycles. The first-order valence-corrected chi connectivity index (χ1v) is 12.0. The van der Waals surface area contributed by atoms with E-state index in [1.807, 2.05) is 16.8 Å². The van der Waals surface area contributed by atoms with Crippen molar-refractivity contribution in [2.45, 2.75) is 44.7 Å². The van der Waals surface area contributed by atoms with Gasteiger partial charge in [0.25, 0.3) is 5.91 Å². The number of rotatable bonds is 8. The van der Waals surface area contributed by atoms with Gasteiger partial charge >= 0.3 is 5.97 Å². The molecule has 35 heavy (non-hydrogen) atoms. The van der Waals surface area contributed by atoms with E-state index >= 15 is 0 Å². The minimum Gasteiger partial charge on any atom is -0.481 e. The van der Waals surface area contributed by atoms with Crippen molar-refractivity contribution in [2.24, 2.45) is 0 Å². The summed E-state index contributed by atoms with van der Waals surface area (Å²) < 4.78 is 7.08. The van der Waals surface area contributed by atoms with Crippen molar-refractivity contribution in [2.75, 3.05) is 25.5 Å². The molecule has 2 aliphatic rings. The molecule has 0 bridgehead atoms. The van der Waals surface area contributed by atoms with Gasteiger partial charge in [0.2, 0.25) is 5.88 Å². The summed E-state index contributed by atoms with van der Waals surface area (Å²) in [6.07, 6.45) is 7.19. The van der Waals surface area contributed by atoms with E-state index in [2.05, 4.69) is 22.4 Å². The van der Waals surface area contributed by atoms with Crippen molar-refractivity contribution >= 4 is 17.7 Å². The Labute approximate surface area is 203 Å². The molecule has 0 spiro atoms. The molecule has 3 aromatic rings. The second-order valence-electron chi connectivity index (χ2n) is 9.01. The molecule has 3 aromatic heterocycles. The van der Waals surface area contributed by atoms with Crippen molar-refractivity contribution in [3.05, 3.63) is 70.8 Å². The lowest BCUT2D eigenvalue weighted by Crippen LogP contribution is -2.43. The molecule has 9 heteroatoms. The molecule has 0 saturated carbocycles. The highest BCUT2D eigenvalue weighted by molar-refractivity contribution is 5.94. The van der Waals surface area contributed by atoms with E-state index in [0.717, 1.165) is 49.3 Å². The van der Waals surface area contributed by atoms with Crippen LogP contribution < -0.4 is 10.1 Å². The van der Waals surface area contributed by atoms with Gasteiger partial charge in [0.1, 0.15) is 11.5 Å². The van der Waals surface area contributed by atoms with E-state index in [4.69, 9.17) is 9.72 Å². The summed E-state index contributed by atoms with van der Waals surface area (Å²) in [5.74, 6) is 0.303. The van der Waals surface area contributed by atoms with Gasteiger partial charge in [-0.15, -0.1) is 0 Å². The summed E-state index contributed by atoms with van der Waals surface area (Å²) in [5.41, 5.74) is 4.64. The molecular weight excluding hydrogens is 446 g/mol. The van der Waals surface area contributed by atoms with Gasteiger partial charge in [-0.25, -0.2) is 9.97 Å². The number of ether oxygens (including phenoxy) is 1. The number of carbonyl (C=O) groups excluding carboxylic acids is 1. The molecule has 0 fully saturated rings. The Morgan fingerprint density at radius 3 is 2.89 bits per heavy atom. The Kier molecular flexibility index (Phi) is 6.39. The topological polar surface area (TPSA) is 110 Å². The highest BCUT2D eigenvalue weighted by Crippen LogP contribution is 2.30. The van der Waals surface area contributed by atoms with Gasteiger partial charge in [0.05, 0.1) is 19.6 Å². The van der Waals surface area contributed by atoms with Crippen molar-refractivity contribution in [1.29, 1.82) is 0 Å². The summed E-state index contributed by atoms with van der Waals surface area (Å²) in [7, 11) is 1.52. The van der Waals surface area contributed by atoms with Gasteiger partial charge in [-0.3, -0.25) is 9.59 Å². The first kappa shape index (κ1) is 22.9. The molecule has 2 N–H and O–H groups in total. The number of methoxy groups -OCH3 is 1. The highest BCUT2D eigenvalue weighted by atomic mass is 16.5. The van der Waals surface area contributed by atoms with E-state index in [9.17, 15) is 14.7 Å². The Morgan fingerprint density at radius 2 is 2.11 bits per heavy atom. The van der Waals surface area contributed by atoms with E-state index in [-0.39, 0.29) is 12.3 Å². The van der Waals surface area contributed by atoms with Crippen LogP contribution in [-0.4, -0.2) is 56.6 Å². The molecule has 1 amide bonds. The largest absolute Gasteiger partial charge is 0.481 e. The summed E-state index contributed by atoms with van der Waals surface area (Å²) in [6.45, 7) is 2.01. The Hall–Kier alpha value is -3.88. The summed E-state index contributed by atoms with van der Waals surface area (Å²) in [4.78, 5) is 35.7. The maximum atomic E-state index is 13.4. The lowest BCUT2D eigenvalue weighted by atomic mass is 10.0. The number of aromatic nitrogens is 3. The van der Waals surface area contributed by atoms with E-state index in [1.165, 1.54) is 12.7 Å². The van der Waals surface area contributed by atoms with Gasteiger partial charge in [-0.05, 0) is 54.5 Å². The zero-order valence-corrected chi connectivity index (χ0v) is 19.7. The highest BCUT2D eigenvalue weighted by Gasteiger charge is 2.33. The average molecular weight is 476 g/mol. The number of nitrogens with one attached hydrogen (secondary N) is 1. The van der Waals surface area contributed by atoms with E-state index in [0.29, 0.717) is 30.2 Å². The number of carboxylic acid groups (broad SMARTS) is 1. The molecule has 0 radical (unpaired) electrons. The monoisotopic (exact) mass is 475 g/mol. The predicted molar refractivity (Wildman–Crippen MR) is 130 cm³/mol. The number of carboxylic acids is 1.